The second kappa shape index (κ2) is 6.74. The Balaban J connectivity index is 2.01. The van der Waals surface area contributed by atoms with Crippen LogP contribution in [0.2, 0.25) is 5.02 Å². The third kappa shape index (κ3) is 4.09. The topological polar surface area (TPSA) is 12.0 Å². The first kappa shape index (κ1) is 14.1. The first-order valence-electron chi connectivity index (χ1n) is 6.73. The molecule has 2 rings (SSSR count). The van der Waals surface area contributed by atoms with Gasteiger partial charge in [0.05, 0.1) is 0 Å². The summed E-state index contributed by atoms with van der Waals surface area (Å²) in [5.74, 6) is 0. The lowest BCUT2D eigenvalue weighted by atomic mass is 10.0. The highest BCUT2D eigenvalue weighted by molar-refractivity contribution is 6.30. The van der Waals surface area contributed by atoms with Crippen LogP contribution in [0.15, 0.2) is 48.5 Å². The molecule has 0 aliphatic heterocycles. The molecule has 0 bridgehead atoms. The summed E-state index contributed by atoms with van der Waals surface area (Å²) in [5, 5.41) is 4.39. The second-order valence-corrected chi connectivity index (χ2v) is 5.32. The molecule has 0 fully saturated rings. The fourth-order valence-corrected chi connectivity index (χ4v) is 2.37. The molecule has 0 heterocycles. The standard InChI is InChI=1S/C17H20ClN/c1-3-17(15-5-4-6-16(18)11-15)19-12-14-9-7-13(2)8-10-14/h4-11,17,19H,3,12H2,1-2H3. The van der Waals surface area contributed by atoms with E-state index < -0.39 is 0 Å². The van der Waals surface area contributed by atoms with Crippen molar-refractivity contribution in [1.82, 2.24) is 5.32 Å². The molecule has 0 spiro atoms. The van der Waals surface area contributed by atoms with Crippen molar-refractivity contribution < 1.29 is 0 Å². The lowest BCUT2D eigenvalue weighted by molar-refractivity contribution is 0.519. The molecule has 0 aliphatic carbocycles. The Kier molecular flexibility index (Phi) is 5.00. The van der Waals surface area contributed by atoms with Crippen LogP contribution in [0.1, 0.15) is 36.1 Å². The molecule has 2 aromatic carbocycles. The largest absolute Gasteiger partial charge is 0.306 e. The lowest BCUT2D eigenvalue weighted by Crippen LogP contribution is -2.20. The fourth-order valence-electron chi connectivity index (χ4n) is 2.17. The van der Waals surface area contributed by atoms with Gasteiger partial charge in [0.15, 0.2) is 0 Å². The van der Waals surface area contributed by atoms with E-state index in [1.54, 1.807) is 0 Å². The molecule has 1 nitrogen and oxygen atoms in total. The summed E-state index contributed by atoms with van der Waals surface area (Å²) >= 11 is 6.05. The molecule has 0 aliphatic rings. The molecule has 1 unspecified atom stereocenters. The smallest absolute Gasteiger partial charge is 0.0409 e. The van der Waals surface area contributed by atoms with E-state index in [0.29, 0.717) is 6.04 Å². The monoisotopic (exact) mass is 273 g/mol. The highest BCUT2D eigenvalue weighted by atomic mass is 35.5. The van der Waals surface area contributed by atoms with Gasteiger partial charge in [0, 0.05) is 17.6 Å². The minimum Gasteiger partial charge on any atom is -0.306 e. The van der Waals surface area contributed by atoms with E-state index in [0.717, 1.165) is 18.0 Å². The Morgan fingerprint density at radius 1 is 1.11 bits per heavy atom. The van der Waals surface area contributed by atoms with E-state index in [2.05, 4.69) is 49.5 Å². The van der Waals surface area contributed by atoms with Crippen LogP contribution in [0, 0.1) is 6.92 Å². The van der Waals surface area contributed by atoms with Crippen molar-refractivity contribution in [3.05, 3.63) is 70.2 Å². The number of nitrogens with one attached hydrogen (secondary N) is 1. The Hall–Kier alpha value is -1.31. The molecule has 2 aromatic rings. The van der Waals surface area contributed by atoms with Crippen LogP contribution in [-0.2, 0) is 6.54 Å². The molecular formula is C17H20ClN. The van der Waals surface area contributed by atoms with Crippen molar-refractivity contribution in [3.8, 4) is 0 Å². The molecule has 0 saturated heterocycles. The zero-order valence-corrected chi connectivity index (χ0v) is 12.2. The molecular weight excluding hydrogens is 254 g/mol. The van der Waals surface area contributed by atoms with Crippen molar-refractivity contribution in [2.45, 2.75) is 32.9 Å². The van der Waals surface area contributed by atoms with E-state index in [1.807, 2.05) is 18.2 Å². The summed E-state index contributed by atoms with van der Waals surface area (Å²) in [7, 11) is 0. The maximum atomic E-state index is 6.05. The van der Waals surface area contributed by atoms with Crippen molar-refractivity contribution in [2.75, 3.05) is 0 Å². The zero-order chi connectivity index (χ0) is 13.7. The van der Waals surface area contributed by atoms with Crippen LogP contribution in [0.5, 0.6) is 0 Å². The van der Waals surface area contributed by atoms with Gasteiger partial charge in [0.1, 0.15) is 0 Å². The Morgan fingerprint density at radius 3 is 2.47 bits per heavy atom. The average molecular weight is 274 g/mol. The van der Waals surface area contributed by atoms with E-state index in [9.17, 15) is 0 Å². The van der Waals surface area contributed by atoms with Crippen molar-refractivity contribution >= 4 is 11.6 Å². The number of aryl methyl sites for hydroxylation is 1. The summed E-state index contributed by atoms with van der Waals surface area (Å²) < 4.78 is 0. The van der Waals surface area contributed by atoms with Crippen molar-refractivity contribution in [3.63, 3.8) is 0 Å². The second-order valence-electron chi connectivity index (χ2n) is 4.88. The van der Waals surface area contributed by atoms with Crippen LogP contribution in [0.3, 0.4) is 0 Å². The molecule has 2 heteroatoms. The van der Waals surface area contributed by atoms with Crippen LogP contribution in [0.25, 0.3) is 0 Å². The third-order valence-corrected chi connectivity index (χ3v) is 3.57. The van der Waals surface area contributed by atoms with Crippen LogP contribution < -0.4 is 5.32 Å². The number of benzene rings is 2. The fraction of sp³-hybridized carbons (Fsp3) is 0.294. The predicted octanol–water partition coefficient (Wildman–Crippen LogP) is 4.89. The Labute approximate surface area is 120 Å². The first-order chi connectivity index (χ1) is 9.19. The number of hydrogen-bond donors (Lipinski definition) is 1. The van der Waals surface area contributed by atoms with Gasteiger partial charge >= 0.3 is 0 Å². The predicted molar refractivity (Wildman–Crippen MR) is 82.5 cm³/mol. The zero-order valence-electron chi connectivity index (χ0n) is 11.5. The SMILES string of the molecule is CCC(NCc1ccc(C)cc1)c1cccc(Cl)c1. The molecule has 1 atom stereocenters. The number of hydrogen-bond acceptors (Lipinski definition) is 1. The molecule has 0 radical (unpaired) electrons. The van der Waals surface area contributed by atoms with Gasteiger partial charge in [-0.1, -0.05) is 60.5 Å². The number of halogens is 1. The summed E-state index contributed by atoms with van der Waals surface area (Å²) in [6.45, 7) is 5.18. The Bertz CT molecular complexity index is 519. The normalized spacial score (nSPS) is 12.4. The van der Waals surface area contributed by atoms with Gasteiger partial charge in [0.25, 0.3) is 0 Å². The Morgan fingerprint density at radius 2 is 1.84 bits per heavy atom. The minimum absolute atomic E-state index is 0.347. The van der Waals surface area contributed by atoms with Crippen LogP contribution >= 0.6 is 11.6 Å². The molecule has 100 valence electrons. The van der Waals surface area contributed by atoms with E-state index in [1.165, 1.54) is 16.7 Å². The maximum Gasteiger partial charge on any atom is 0.0409 e. The van der Waals surface area contributed by atoms with Crippen LogP contribution in [-0.4, -0.2) is 0 Å². The summed E-state index contributed by atoms with van der Waals surface area (Å²) in [5.41, 5.74) is 3.86. The summed E-state index contributed by atoms with van der Waals surface area (Å²) in [6.07, 6.45) is 1.05. The molecule has 0 saturated carbocycles. The van der Waals surface area contributed by atoms with E-state index in [-0.39, 0.29) is 0 Å². The lowest BCUT2D eigenvalue weighted by Gasteiger charge is -2.18. The van der Waals surface area contributed by atoms with Crippen LogP contribution in [0.4, 0.5) is 0 Å². The van der Waals surface area contributed by atoms with Gasteiger partial charge in [-0.25, -0.2) is 0 Å². The maximum absolute atomic E-state index is 6.05. The van der Waals surface area contributed by atoms with Crippen molar-refractivity contribution in [1.29, 1.82) is 0 Å². The molecule has 0 amide bonds. The quantitative estimate of drug-likeness (QED) is 0.818. The van der Waals surface area contributed by atoms with Gasteiger partial charge in [-0.15, -0.1) is 0 Å². The van der Waals surface area contributed by atoms with Gasteiger partial charge in [-0.05, 0) is 36.6 Å². The third-order valence-electron chi connectivity index (χ3n) is 3.33. The van der Waals surface area contributed by atoms with E-state index >= 15 is 0 Å². The average Bonchev–Trinajstić information content (AvgIpc) is 2.42. The highest BCUT2D eigenvalue weighted by Crippen LogP contribution is 2.20. The minimum atomic E-state index is 0.347. The van der Waals surface area contributed by atoms with Gasteiger partial charge in [-0.3, -0.25) is 0 Å². The molecule has 19 heavy (non-hydrogen) atoms. The van der Waals surface area contributed by atoms with Crippen molar-refractivity contribution in [2.24, 2.45) is 0 Å². The molecule has 0 aromatic heterocycles. The van der Waals surface area contributed by atoms with E-state index in [4.69, 9.17) is 11.6 Å². The summed E-state index contributed by atoms with van der Waals surface area (Å²) in [4.78, 5) is 0. The van der Waals surface area contributed by atoms with Gasteiger partial charge in [0.2, 0.25) is 0 Å². The van der Waals surface area contributed by atoms with Gasteiger partial charge < -0.3 is 5.32 Å². The van der Waals surface area contributed by atoms with Gasteiger partial charge in [-0.2, -0.15) is 0 Å². The molecule has 1 N–H and O–H groups in total. The number of rotatable bonds is 5. The summed E-state index contributed by atoms with van der Waals surface area (Å²) in [6, 6.07) is 17.1. The first-order valence-corrected chi connectivity index (χ1v) is 7.11. The highest BCUT2D eigenvalue weighted by Gasteiger charge is 2.08.